The molecule has 1 unspecified atom stereocenters. The van der Waals surface area contributed by atoms with Crippen LogP contribution in [-0.4, -0.2) is 23.3 Å². The molecule has 1 atom stereocenters. The molecule has 4 nitrogen and oxygen atoms in total. The summed E-state index contributed by atoms with van der Waals surface area (Å²) in [5.41, 5.74) is 3.19. The molecule has 1 aliphatic heterocycles. The molecule has 98 valence electrons. The van der Waals surface area contributed by atoms with Gasteiger partial charge in [0.2, 0.25) is 0 Å². The maximum atomic E-state index is 5.71. The number of aryl methyl sites for hydroxylation is 2. The second-order valence-electron chi connectivity index (χ2n) is 4.48. The van der Waals surface area contributed by atoms with Gasteiger partial charge in [0.15, 0.2) is 0 Å². The number of rotatable bonds is 5. The highest BCUT2D eigenvalue weighted by Gasteiger charge is 2.23. The van der Waals surface area contributed by atoms with Crippen molar-refractivity contribution in [1.82, 2.24) is 15.5 Å². The van der Waals surface area contributed by atoms with E-state index in [4.69, 9.17) is 4.74 Å². The lowest BCUT2D eigenvalue weighted by Crippen LogP contribution is -2.25. The standard InChI is InChI=1S/C14H21N3O/c1-4-12-11(9-10(3)16-17-12)14(15-5-2)13-7-6-8-18-13/h7,9,14-15H,4-6,8H2,1-3H3. The van der Waals surface area contributed by atoms with Gasteiger partial charge < -0.3 is 10.1 Å². The third-order valence-corrected chi connectivity index (χ3v) is 3.10. The fraction of sp³-hybridized carbons (Fsp3) is 0.571. The van der Waals surface area contributed by atoms with Gasteiger partial charge in [-0.1, -0.05) is 13.8 Å². The molecule has 0 saturated carbocycles. The van der Waals surface area contributed by atoms with Gasteiger partial charge in [-0.2, -0.15) is 10.2 Å². The van der Waals surface area contributed by atoms with Crippen LogP contribution in [0.4, 0.5) is 0 Å². The number of aromatic nitrogens is 2. The molecule has 0 aliphatic carbocycles. The van der Waals surface area contributed by atoms with Crippen LogP contribution in [0, 0.1) is 6.92 Å². The summed E-state index contributed by atoms with van der Waals surface area (Å²) in [5, 5.41) is 11.9. The van der Waals surface area contributed by atoms with E-state index >= 15 is 0 Å². The molecule has 0 radical (unpaired) electrons. The highest BCUT2D eigenvalue weighted by Crippen LogP contribution is 2.28. The molecule has 1 N–H and O–H groups in total. The highest BCUT2D eigenvalue weighted by atomic mass is 16.5. The van der Waals surface area contributed by atoms with Crippen LogP contribution in [0.15, 0.2) is 17.9 Å². The Hall–Kier alpha value is -1.42. The molecule has 0 fully saturated rings. The molecule has 1 aromatic heterocycles. The third kappa shape index (κ3) is 2.70. The molecule has 1 aliphatic rings. The molecular formula is C14H21N3O. The Morgan fingerprint density at radius 2 is 2.22 bits per heavy atom. The van der Waals surface area contributed by atoms with Crippen LogP contribution in [0.3, 0.4) is 0 Å². The maximum absolute atomic E-state index is 5.71. The molecule has 18 heavy (non-hydrogen) atoms. The van der Waals surface area contributed by atoms with Gasteiger partial charge >= 0.3 is 0 Å². The van der Waals surface area contributed by atoms with Gasteiger partial charge in [-0.05, 0) is 32.0 Å². The molecule has 0 amide bonds. The van der Waals surface area contributed by atoms with Crippen LogP contribution in [0.2, 0.25) is 0 Å². The average Bonchev–Trinajstić information content (AvgIpc) is 2.89. The molecule has 2 heterocycles. The minimum absolute atomic E-state index is 0.113. The molecule has 0 saturated heterocycles. The number of nitrogens with zero attached hydrogens (tertiary/aromatic N) is 2. The monoisotopic (exact) mass is 247 g/mol. The summed E-state index contributed by atoms with van der Waals surface area (Å²) in [6.45, 7) is 7.88. The summed E-state index contributed by atoms with van der Waals surface area (Å²) in [6.07, 6.45) is 4.05. The minimum Gasteiger partial charge on any atom is -0.496 e. The van der Waals surface area contributed by atoms with Gasteiger partial charge in [0.1, 0.15) is 5.76 Å². The number of likely N-dealkylation sites (N-methyl/N-ethyl adjacent to an activating group) is 1. The lowest BCUT2D eigenvalue weighted by Gasteiger charge is -2.21. The normalized spacial score (nSPS) is 16.3. The van der Waals surface area contributed by atoms with Gasteiger partial charge in [-0.25, -0.2) is 0 Å². The number of hydrogen-bond donors (Lipinski definition) is 1. The first-order valence-electron chi connectivity index (χ1n) is 6.65. The highest BCUT2D eigenvalue weighted by molar-refractivity contribution is 5.31. The first-order chi connectivity index (χ1) is 8.76. The largest absolute Gasteiger partial charge is 0.496 e. The fourth-order valence-corrected chi connectivity index (χ4v) is 2.26. The Kier molecular flexibility index (Phi) is 4.31. The third-order valence-electron chi connectivity index (χ3n) is 3.10. The van der Waals surface area contributed by atoms with Gasteiger partial charge in [-0.3, -0.25) is 0 Å². The van der Waals surface area contributed by atoms with Crippen molar-refractivity contribution in [3.05, 3.63) is 34.9 Å². The second-order valence-corrected chi connectivity index (χ2v) is 4.48. The lowest BCUT2D eigenvalue weighted by atomic mass is 10.0. The predicted octanol–water partition coefficient (Wildman–Crippen LogP) is 2.30. The van der Waals surface area contributed by atoms with Crippen LogP contribution in [0.5, 0.6) is 0 Å². The minimum atomic E-state index is 0.113. The summed E-state index contributed by atoms with van der Waals surface area (Å²) in [7, 11) is 0. The van der Waals surface area contributed by atoms with Crippen molar-refractivity contribution in [2.45, 2.75) is 39.7 Å². The zero-order valence-electron chi connectivity index (χ0n) is 11.4. The predicted molar refractivity (Wildman–Crippen MR) is 71.2 cm³/mol. The van der Waals surface area contributed by atoms with Crippen LogP contribution in [0.1, 0.15) is 43.3 Å². The molecular weight excluding hydrogens is 226 g/mol. The molecule has 2 rings (SSSR count). The first kappa shape index (κ1) is 13.0. The van der Waals surface area contributed by atoms with Crippen LogP contribution < -0.4 is 5.32 Å². The molecule has 0 aromatic carbocycles. The van der Waals surface area contributed by atoms with E-state index in [-0.39, 0.29) is 6.04 Å². The van der Waals surface area contributed by atoms with Crippen molar-refractivity contribution in [3.63, 3.8) is 0 Å². The van der Waals surface area contributed by atoms with E-state index in [0.717, 1.165) is 43.1 Å². The average molecular weight is 247 g/mol. The van der Waals surface area contributed by atoms with Crippen LogP contribution in [-0.2, 0) is 11.2 Å². The van der Waals surface area contributed by atoms with E-state index in [1.165, 1.54) is 5.56 Å². The second kappa shape index (κ2) is 5.96. The zero-order chi connectivity index (χ0) is 13.0. The lowest BCUT2D eigenvalue weighted by molar-refractivity contribution is 0.215. The summed E-state index contributed by atoms with van der Waals surface area (Å²) in [4.78, 5) is 0. The smallest absolute Gasteiger partial charge is 0.114 e. The fourth-order valence-electron chi connectivity index (χ4n) is 2.26. The Labute approximate surface area is 108 Å². The molecule has 0 spiro atoms. The van der Waals surface area contributed by atoms with Gasteiger partial charge in [0.25, 0.3) is 0 Å². The summed E-state index contributed by atoms with van der Waals surface area (Å²) >= 11 is 0. The Bertz CT molecular complexity index is 443. The number of nitrogens with one attached hydrogen (secondary N) is 1. The van der Waals surface area contributed by atoms with Crippen LogP contribution in [0.25, 0.3) is 0 Å². The van der Waals surface area contributed by atoms with Crippen molar-refractivity contribution in [2.75, 3.05) is 13.2 Å². The summed E-state index contributed by atoms with van der Waals surface area (Å²) in [5.74, 6) is 1.03. The van der Waals surface area contributed by atoms with Crippen LogP contribution >= 0.6 is 0 Å². The molecule has 0 bridgehead atoms. The van der Waals surface area contributed by atoms with Gasteiger partial charge in [0.05, 0.1) is 24.0 Å². The zero-order valence-corrected chi connectivity index (χ0v) is 11.4. The quantitative estimate of drug-likeness (QED) is 0.867. The maximum Gasteiger partial charge on any atom is 0.114 e. The SMILES string of the molecule is CCNC(C1=CCCO1)c1cc(C)nnc1CC. The van der Waals surface area contributed by atoms with Crippen molar-refractivity contribution in [3.8, 4) is 0 Å². The van der Waals surface area contributed by atoms with E-state index in [1.807, 2.05) is 6.92 Å². The number of ether oxygens (including phenoxy) is 1. The topological polar surface area (TPSA) is 47.0 Å². The number of hydrogen-bond acceptors (Lipinski definition) is 4. The van der Waals surface area contributed by atoms with E-state index in [2.05, 4.69) is 41.5 Å². The van der Waals surface area contributed by atoms with Crippen molar-refractivity contribution in [1.29, 1.82) is 0 Å². The van der Waals surface area contributed by atoms with E-state index in [9.17, 15) is 0 Å². The first-order valence-corrected chi connectivity index (χ1v) is 6.65. The van der Waals surface area contributed by atoms with E-state index < -0.39 is 0 Å². The molecule has 1 aromatic rings. The Morgan fingerprint density at radius 1 is 1.39 bits per heavy atom. The van der Waals surface area contributed by atoms with Crippen molar-refractivity contribution >= 4 is 0 Å². The molecule has 4 heteroatoms. The van der Waals surface area contributed by atoms with E-state index in [0.29, 0.717) is 0 Å². The van der Waals surface area contributed by atoms with Gasteiger partial charge in [-0.15, -0.1) is 0 Å². The summed E-state index contributed by atoms with van der Waals surface area (Å²) < 4.78 is 5.71. The Morgan fingerprint density at radius 3 is 2.83 bits per heavy atom. The van der Waals surface area contributed by atoms with E-state index in [1.54, 1.807) is 0 Å². The van der Waals surface area contributed by atoms with Crippen molar-refractivity contribution < 1.29 is 4.74 Å². The van der Waals surface area contributed by atoms with Crippen molar-refractivity contribution in [2.24, 2.45) is 0 Å². The summed E-state index contributed by atoms with van der Waals surface area (Å²) in [6, 6.07) is 2.23. The Balaban J connectivity index is 2.37. The van der Waals surface area contributed by atoms with Gasteiger partial charge in [0, 0.05) is 12.0 Å².